The van der Waals surface area contributed by atoms with Gasteiger partial charge in [0.25, 0.3) is 0 Å². The fraction of sp³-hybridized carbons (Fsp3) is 0.857. The molecule has 18 heavy (non-hydrogen) atoms. The highest BCUT2D eigenvalue weighted by atomic mass is 16.5. The maximum Gasteiger partial charge on any atom is 0.308 e. The number of nitrogens with one attached hydrogen (secondary N) is 1. The van der Waals surface area contributed by atoms with Gasteiger partial charge >= 0.3 is 5.97 Å². The number of rotatable bonds is 5. The lowest BCUT2D eigenvalue weighted by molar-refractivity contribution is -0.146. The lowest BCUT2D eigenvalue weighted by Gasteiger charge is -2.27. The Balaban J connectivity index is 2.23. The minimum Gasteiger partial charge on any atom is -0.469 e. The van der Waals surface area contributed by atoms with Crippen molar-refractivity contribution < 1.29 is 14.3 Å². The Morgan fingerprint density at radius 3 is 2.33 bits per heavy atom. The second-order valence-electron chi connectivity index (χ2n) is 5.57. The van der Waals surface area contributed by atoms with Crippen LogP contribution >= 0.6 is 0 Å². The van der Waals surface area contributed by atoms with Gasteiger partial charge in [-0.3, -0.25) is 9.59 Å². The molecule has 0 spiro atoms. The third-order valence-electron chi connectivity index (χ3n) is 3.58. The molecule has 0 aromatic heterocycles. The number of esters is 1. The Kier molecular flexibility index (Phi) is 6.16. The number of carbonyl (C=O) groups excluding carboxylic acids is 2. The van der Waals surface area contributed by atoms with Crippen molar-refractivity contribution in [2.75, 3.05) is 7.11 Å². The molecule has 1 rings (SSSR count). The van der Waals surface area contributed by atoms with E-state index < -0.39 is 0 Å². The predicted octanol–water partition coefficient (Wildman–Crippen LogP) is 2.27. The first-order valence-corrected chi connectivity index (χ1v) is 6.90. The first-order chi connectivity index (χ1) is 8.52. The first kappa shape index (κ1) is 15.0. The van der Waals surface area contributed by atoms with Crippen LogP contribution in [0, 0.1) is 11.8 Å². The summed E-state index contributed by atoms with van der Waals surface area (Å²) < 4.78 is 4.74. The molecule has 0 aromatic rings. The van der Waals surface area contributed by atoms with Gasteiger partial charge in [0, 0.05) is 12.5 Å². The zero-order valence-corrected chi connectivity index (χ0v) is 11.7. The molecule has 104 valence electrons. The predicted molar refractivity (Wildman–Crippen MR) is 70.0 cm³/mol. The van der Waals surface area contributed by atoms with Crippen molar-refractivity contribution in [2.45, 2.75) is 58.4 Å². The lowest BCUT2D eigenvalue weighted by Crippen LogP contribution is -2.38. The van der Waals surface area contributed by atoms with Crippen molar-refractivity contribution in [3.63, 3.8) is 0 Å². The van der Waals surface area contributed by atoms with Gasteiger partial charge in [0.15, 0.2) is 0 Å². The SMILES string of the molecule is COC(=O)C1CCC(NC(=O)CCC(C)C)CC1. The van der Waals surface area contributed by atoms with Crippen molar-refractivity contribution in [1.29, 1.82) is 0 Å². The summed E-state index contributed by atoms with van der Waals surface area (Å²) >= 11 is 0. The summed E-state index contributed by atoms with van der Waals surface area (Å²) in [5.74, 6) is 0.620. The highest BCUT2D eigenvalue weighted by Crippen LogP contribution is 2.25. The monoisotopic (exact) mass is 255 g/mol. The van der Waals surface area contributed by atoms with Crippen LogP contribution in [0.4, 0.5) is 0 Å². The lowest BCUT2D eigenvalue weighted by atomic mass is 9.86. The number of hydrogen-bond donors (Lipinski definition) is 1. The van der Waals surface area contributed by atoms with Crippen LogP contribution in [0.5, 0.6) is 0 Å². The number of amides is 1. The van der Waals surface area contributed by atoms with Crippen LogP contribution in [0.2, 0.25) is 0 Å². The molecule has 0 unspecified atom stereocenters. The molecule has 1 amide bonds. The fourth-order valence-corrected chi connectivity index (χ4v) is 2.36. The van der Waals surface area contributed by atoms with E-state index in [1.165, 1.54) is 7.11 Å². The number of carbonyl (C=O) groups is 2. The third-order valence-corrected chi connectivity index (χ3v) is 3.58. The van der Waals surface area contributed by atoms with Crippen molar-refractivity contribution in [3.05, 3.63) is 0 Å². The highest BCUT2D eigenvalue weighted by molar-refractivity contribution is 5.76. The summed E-state index contributed by atoms with van der Waals surface area (Å²) in [5.41, 5.74) is 0. The zero-order valence-electron chi connectivity index (χ0n) is 11.7. The van der Waals surface area contributed by atoms with Gasteiger partial charge in [-0.1, -0.05) is 13.8 Å². The van der Waals surface area contributed by atoms with Crippen molar-refractivity contribution in [2.24, 2.45) is 11.8 Å². The molecule has 1 aliphatic carbocycles. The molecular formula is C14H25NO3. The van der Waals surface area contributed by atoms with Gasteiger partial charge in [-0.25, -0.2) is 0 Å². The van der Waals surface area contributed by atoms with Crippen LogP contribution in [-0.4, -0.2) is 25.0 Å². The average Bonchev–Trinajstić information content (AvgIpc) is 2.36. The van der Waals surface area contributed by atoms with Crippen LogP contribution in [0.1, 0.15) is 52.4 Å². The minimum absolute atomic E-state index is 0.0267. The highest BCUT2D eigenvalue weighted by Gasteiger charge is 2.27. The topological polar surface area (TPSA) is 55.4 Å². The van der Waals surface area contributed by atoms with Gasteiger partial charge in [-0.15, -0.1) is 0 Å². The Morgan fingerprint density at radius 2 is 1.83 bits per heavy atom. The van der Waals surface area contributed by atoms with E-state index >= 15 is 0 Å². The van der Waals surface area contributed by atoms with Crippen molar-refractivity contribution in [1.82, 2.24) is 5.32 Å². The van der Waals surface area contributed by atoms with Gasteiger partial charge in [-0.2, -0.15) is 0 Å². The number of ether oxygens (including phenoxy) is 1. The standard InChI is InChI=1S/C14H25NO3/c1-10(2)4-9-13(16)15-12-7-5-11(6-8-12)14(17)18-3/h10-12H,4-9H2,1-3H3,(H,15,16). The second-order valence-corrected chi connectivity index (χ2v) is 5.57. The Hall–Kier alpha value is -1.06. The van der Waals surface area contributed by atoms with E-state index in [4.69, 9.17) is 4.74 Å². The van der Waals surface area contributed by atoms with Gasteiger partial charge < -0.3 is 10.1 Å². The summed E-state index contributed by atoms with van der Waals surface area (Å²) in [6, 6.07) is 0.241. The molecule has 1 N–H and O–H groups in total. The number of hydrogen-bond acceptors (Lipinski definition) is 3. The maximum atomic E-state index is 11.7. The maximum absolute atomic E-state index is 11.7. The van der Waals surface area contributed by atoms with Gasteiger partial charge in [0.1, 0.15) is 0 Å². The molecule has 4 nitrogen and oxygen atoms in total. The van der Waals surface area contributed by atoms with Crippen molar-refractivity contribution in [3.8, 4) is 0 Å². The Labute approximate surface area is 109 Å². The van der Waals surface area contributed by atoms with E-state index in [9.17, 15) is 9.59 Å². The van der Waals surface area contributed by atoms with Crippen LogP contribution in [0.3, 0.4) is 0 Å². The van der Waals surface area contributed by atoms with Gasteiger partial charge in [-0.05, 0) is 38.0 Å². The smallest absolute Gasteiger partial charge is 0.308 e. The van der Waals surface area contributed by atoms with Gasteiger partial charge in [0.05, 0.1) is 13.0 Å². The van der Waals surface area contributed by atoms with Gasteiger partial charge in [0.2, 0.25) is 5.91 Å². The fourth-order valence-electron chi connectivity index (χ4n) is 2.36. The summed E-state index contributed by atoms with van der Waals surface area (Å²) in [6.07, 6.45) is 4.95. The molecule has 4 heteroatoms. The molecule has 0 aliphatic heterocycles. The minimum atomic E-state index is -0.111. The second kappa shape index (κ2) is 7.39. The number of methoxy groups -OCH3 is 1. The van der Waals surface area contributed by atoms with E-state index in [-0.39, 0.29) is 23.8 Å². The molecule has 0 saturated heterocycles. The average molecular weight is 255 g/mol. The summed E-state index contributed by atoms with van der Waals surface area (Å²) in [4.78, 5) is 23.0. The molecule has 0 radical (unpaired) electrons. The van der Waals surface area contributed by atoms with Crippen LogP contribution < -0.4 is 5.32 Å². The van der Waals surface area contributed by atoms with E-state index in [1.807, 2.05) is 0 Å². The first-order valence-electron chi connectivity index (χ1n) is 6.90. The molecule has 0 aromatic carbocycles. The van der Waals surface area contributed by atoms with Crippen LogP contribution in [-0.2, 0) is 14.3 Å². The largest absolute Gasteiger partial charge is 0.469 e. The molecule has 1 fully saturated rings. The molecule has 1 saturated carbocycles. The molecule has 0 bridgehead atoms. The van der Waals surface area contributed by atoms with E-state index in [1.54, 1.807) is 0 Å². The van der Waals surface area contributed by atoms with E-state index in [0.717, 1.165) is 32.1 Å². The van der Waals surface area contributed by atoms with E-state index in [2.05, 4.69) is 19.2 Å². The third kappa shape index (κ3) is 5.07. The van der Waals surface area contributed by atoms with Crippen molar-refractivity contribution >= 4 is 11.9 Å². The zero-order chi connectivity index (χ0) is 13.5. The quantitative estimate of drug-likeness (QED) is 0.767. The normalized spacial score (nSPS) is 23.8. The molecule has 0 atom stereocenters. The summed E-state index contributed by atoms with van der Waals surface area (Å²) in [7, 11) is 1.43. The van der Waals surface area contributed by atoms with Crippen LogP contribution in [0.15, 0.2) is 0 Å². The molecular weight excluding hydrogens is 230 g/mol. The Bertz CT molecular complexity index is 281. The summed E-state index contributed by atoms with van der Waals surface area (Å²) in [5, 5.41) is 3.06. The molecule has 0 heterocycles. The summed E-state index contributed by atoms with van der Waals surface area (Å²) in [6.45, 7) is 4.24. The van der Waals surface area contributed by atoms with Crippen LogP contribution in [0.25, 0.3) is 0 Å². The van der Waals surface area contributed by atoms with E-state index in [0.29, 0.717) is 12.3 Å². The Morgan fingerprint density at radius 1 is 1.22 bits per heavy atom. The molecule has 1 aliphatic rings.